The molecule has 0 aliphatic rings. The topological polar surface area (TPSA) is 33.1 Å². The molecule has 2 heteroatoms. The lowest BCUT2D eigenvalue weighted by atomic mass is 9.98. The summed E-state index contributed by atoms with van der Waals surface area (Å²) < 4.78 is 0. The highest BCUT2D eigenvalue weighted by Crippen LogP contribution is 2.13. The van der Waals surface area contributed by atoms with Crippen LogP contribution in [0.2, 0.25) is 0 Å². The van der Waals surface area contributed by atoms with Crippen molar-refractivity contribution in [3.63, 3.8) is 0 Å². The molecule has 1 N–H and O–H groups in total. The number of rotatable bonds is 4. The van der Waals surface area contributed by atoms with Crippen molar-refractivity contribution in [3.8, 4) is 0 Å². The molecule has 1 rings (SSSR count). The number of aliphatic hydroxyl groups is 1. The van der Waals surface area contributed by atoms with Crippen molar-refractivity contribution in [2.24, 2.45) is 5.92 Å². The van der Waals surface area contributed by atoms with Gasteiger partial charge in [-0.3, -0.25) is 4.98 Å². The van der Waals surface area contributed by atoms with Crippen LogP contribution in [-0.2, 0) is 6.42 Å². The molecule has 1 heterocycles. The van der Waals surface area contributed by atoms with Crippen LogP contribution in [0.5, 0.6) is 0 Å². The molecule has 0 saturated carbocycles. The van der Waals surface area contributed by atoms with Gasteiger partial charge in [0.25, 0.3) is 0 Å². The number of aromatic nitrogens is 1. The number of pyridine rings is 1. The molecule has 1 aromatic heterocycles. The first kappa shape index (κ1) is 11.2. The molecule has 1 atom stereocenters. The molecule has 0 saturated heterocycles. The maximum absolute atomic E-state index is 9.78. The van der Waals surface area contributed by atoms with Crippen LogP contribution in [0, 0.1) is 12.8 Å². The van der Waals surface area contributed by atoms with Gasteiger partial charge in [0.05, 0.1) is 6.10 Å². The van der Waals surface area contributed by atoms with Gasteiger partial charge in [-0.2, -0.15) is 0 Å². The molecular weight excluding hydrogens is 174 g/mol. The Morgan fingerprint density at radius 3 is 2.71 bits per heavy atom. The van der Waals surface area contributed by atoms with Crippen LogP contribution in [0.1, 0.15) is 31.4 Å². The highest BCUT2D eigenvalue weighted by atomic mass is 16.3. The smallest absolute Gasteiger partial charge is 0.0583 e. The summed E-state index contributed by atoms with van der Waals surface area (Å²) in [5.41, 5.74) is 2.36. The summed E-state index contributed by atoms with van der Waals surface area (Å²) in [5, 5.41) is 9.78. The molecule has 0 radical (unpaired) electrons. The summed E-state index contributed by atoms with van der Waals surface area (Å²) in [6, 6.07) is 1.98. The number of aliphatic hydroxyl groups excluding tert-OH is 1. The molecule has 14 heavy (non-hydrogen) atoms. The van der Waals surface area contributed by atoms with Gasteiger partial charge in [-0.15, -0.1) is 0 Å². The van der Waals surface area contributed by atoms with Crippen LogP contribution in [-0.4, -0.2) is 16.2 Å². The number of hydrogen-bond donors (Lipinski definition) is 1. The van der Waals surface area contributed by atoms with Crippen LogP contribution in [0.25, 0.3) is 0 Å². The van der Waals surface area contributed by atoms with E-state index in [1.807, 2.05) is 19.2 Å². The molecule has 0 bridgehead atoms. The maximum atomic E-state index is 9.78. The third-order valence-electron chi connectivity index (χ3n) is 2.34. The van der Waals surface area contributed by atoms with Crippen molar-refractivity contribution >= 4 is 0 Å². The summed E-state index contributed by atoms with van der Waals surface area (Å²) in [7, 11) is 0. The van der Waals surface area contributed by atoms with Crippen LogP contribution in [0.3, 0.4) is 0 Å². The second-order valence-electron chi connectivity index (χ2n) is 4.29. The van der Waals surface area contributed by atoms with E-state index in [1.165, 1.54) is 5.56 Å². The Morgan fingerprint density at radius 2 is 2.14 bits per heavy atom. The first-order valence-corrected chi connectivity index (χ1v) is 5.17. The molecule has 0 aliphatic heterocycles. The van der Waals surface area contributed by atoms with Crippen LogP contribution < -0.4 is 0 Å². The third-order valence-corrected chi connectivity index (χ3v) is 2.34. The Kier molecular flexibility index (Phi) is 4.08. The van der Waals surface area contributed by atoms with Crippen molar-refractivity contribution in [1.29, 1.82) is 0 Å². The van der Waals surface area contributed by atoms with Crippen molar-refractivity contribution in [3.05, 3.63) is 29.6 Å². The Morgan fingerprint density at radius 1 is 1.43 bits per heavy atom. The minimum atomic E-state index is -0.226. The normalized spacial score (nSPS) is 13.2. The third kappa shape index (κ3) is 3.46. The molecular formula is C12H19NO. The lowest BCUT2D eigenvalue weighted by molar-refractivity contribution is 0.149. The van der Waals surface area contributed by atoms with E-state index in [0.717, 1.165) is 18.4 Å². The number of aryl methyl sites for hydroxylation is 1. The van der Waals surface area contributed by atoms with E-state index in [4.69, 9.17) is 0 Å². The molecule has 0 aromatic carbocycles. The van der Waals surface area contributed by atoms with Gasteiger partial charge < -0.3 is 5.11 Å². The number of hydrogen-bond acceptors (Lipinski definition) is 2. The molecule has 0 amide bonds. The molecule has 0 aliphatic carbocycles. The van der Waals surface area contributed by atoms with E-state index < -0.39 is 0 Å². The second kappa shape index (κ2) is 5.11. The first-order valence-electron chi connectivity index (χ1n) is 5.17. The zero-order chi connectivity index (χ0) is 10.6. The highest BCUT2D eigenvalue weighted by Gasteiger charge is 2.09. The van der Waals surface area contributed by atoms with E-state index in [2.05, 4.69) is 18.8 Å². The van der Waals surface area contributed by atoms with E-state index in [-0.39, 0.29) is 6.10 Å². The highest BCUT2D eigenvalue weighted by molar-refractivity contribution is 5.22. The van der Waals surface area contributed by atoms with E-state index in [0.29, 0.717) is 5.92 Å². The Hall–Kier alpha value is -0.890. The second-order valence-corrected chi connectivity index (χ2v) is 4.29. The molecule has 1 aromatic rings. The molecule has 0 spiro atoms. The fourth-order valence-corrected chi connectivity index (χ4v) is 1.61. The van der Waals surface area contributed by atoms with Gasteiger partial charge in [-0.25, -0.2) is 0 Å². The zero-order valence-electron chi connectivity index (χ0n) is 9.20. The fraction of sp³-hybridized carbons (Fsp3) is 0.583. The van der Waals surface area contributed by atoms with Gasteiger partial charge in [0.2, 0.25) is 0 Å². The molecule has 78 valence electrons. The summed E-state index contributed by atoms with van der Waals surface area (Å²) in [4.78, 5) is 4.03. The predicted molar refractivity (Wildman–Crippen MR) is 58.1 cm³/mol. The van der Waals surface area contributed by atoms with Crippen LogP contribution in [0.15, 0.2) is 18.5 Å². The van der Waals surface area contributed by atoms with Crippen molar-refractivity contribution < 1.29 is 5.11 Å². The average Bonchev–Trinajstić information content (AvgIpc) is 2.07. The fourth-order valence-electron chi connectivity index (χ4n) is 1.61. The van der Waals surface area contributed by atoms with E-state index >= 15 is 0 Å². The Balaban J connectivity index is 2.56. The molecule has 1 unspecified atom stereocenters. The SMILES string of the molecule is Cc1cnccc1CC(O)CC(C)C. The van der Waals surface area contributed by atoms with Gasteiger partial charge in [0.15, 0.2) is 0 Å². The van der Waals surface area contributed by atoms with E-state index in [1.54, 1.807) is 6.20 Å². The Bertz CT molecular complexity index is 283. The average molecular weight is 193 g/mol. The minimum absolute atomic E-state index is 0.226. The minimum Gasteiger partial charge on any atom is -0.393 e. The van der Waals surface area contributed by atoms with Gasteiger partial charge in [-0.1, -0.05) is 13.8 Å². The van der Waals surface area contributed by atoms with Gasteiger partial charge in [0, 0.05) is 12.4 Å². The standard InChI is InChI=1S/C12H19NO/c1-9(2)6-12(14)7-11-4-5-13-8-10(11)3/h4-5,8-9,12,14H,6-7H2,1-3H3. The van der Waals surface area contributed by atoms with Gasteiger partial charge in [-0.05, 0) is 42.9 Å². The van der Waals surface area contributed by atoms with Crippen molar-refractivity contribution in [1.82, 2.24) is 4.98 Å². The predicted octanol–water partition coefficient (Wildman–Crippen LogP) is 2.34. The largest absolute Gasteiger partial charge is 0.393 e. The first-order chi connectivity index (χ1) is 6.59. The maximum Gasteiger partial charge on any atom is 0.0583 e. The lowest BCUT2D eigenvalue weighted by Gasteiger charge is -2.13. The van der Waals surface area contributed by atoms with E-state index in [9.17, 15) is 5.11 Å². The number of nitrogens with zero attached hydrogens (tertiary/aromatic N) is 1. The van der Waals surface area contributed by atoms with Gasteiger partial charge >= 0.3 is 0 Å². The van der Waals surface area contributed by atoms with Crippen molar-refractivity contribution in [2.75, 3.05) is 0 Å². The van der Waals surface area contributed by atoms with Crippen LogP contribution >= 0.6 is 0 Å². The lowest BCUT2D eigenvalue weighted by Crippen LogP contribution is -2.14. The molecule has 2 nitrogen and oxygen atoms in total. The quantitative estimate of drug-likeness (QED) is 0.796. The monoisotopic (exact) mass is 193 g/mol. The summed E-state index contributed by atoms with van der Waals surface area (Å²) in [5.74, 6) is 0.548. The summed E-state index contributed by atoms with van der Waals surface area (Å²) in [6.45, 7) is 6.29. The Labute approximate surface area is 86.0 Å². The zero-order valence-corrected chi connectivity index (χ0v) is 9.20. The molecule has 0 fully saturated rings. The van der Waals surface area contributed by atoms with Crippen molar-refractivity contribution in [2.45, 2.75) is 39.7 Å². The van der Waals surface area contributed by atoms with Crippen LogP contribution in [0.4, 0.5) is 0 Å². The summed E-state index contributed by atoms with van der Waals surface area (Å²) >= 11 is 0. The summed E-state index contributed by atoms with van der Waals surface area (Å²) in [6.07, 6.45) is 5.01. The van der Waals surface area contributed by atoms with Gasteiger partial charge in [0.1, 0.15) is 0 Å².